The van der Waals surface area contributed by atoms with E-state index in [4.69, 9.17) is 0 Å². The largest absolute Gasteiger partial charge is 0.346 e. The highest BCUT2D eigenvalue weighted by Crippen LogP contribution is 2.02. The van der Waals surface area contributed by atoms with Gasteiger partial charge in [-0.2, -0.15) is 0 Å². The van der Waals surface area contributed by atoms with Crippen LogP contribution in [0.4, 0.5) is 0 Å². The van der Waals surface area contributed by atoms with E-state index in [2.05, 4.69) is 23.8 Å². The fourth-order valence-electron chi connectivity index (χ4n) is 0.957. The highest BCUT2D eigenvalue weighted by Gasteiger charge is 1.99. The second-order valence-electron chi connectivity index (χ2n) is 3.11. The van der Waals surface area contributed by atoms with Gasteiger partial charge in [0.05, 0.1) is 0 Å². The predicted octanol–water partition coefficient (Wildman–Crippen LogP) is 1.92. The monoisotopic (exact) mass is 138 g/mol. The van der Waals surface area contributed by atoms with E-state index in [1.165, 1.54) is 0 Å². The summed E-state index contributed by atoms with van der Waals surface area (Å²) in [7, 11) is 0. The molecule has 0 radical (unpaired) electrons. The van der Waals surface area contributed by atoms with Crippen molar-refractivity contribution in [1.29, 1.82) is 0 Å². The first-order valence-electron chi connectivity index (χ1n) is 3.69. The molecule has 0 bridgehead atoms. The minimum absolute atomic E-state index is 0.686. The quantitative estimate of drug-likeness (QED) is 0.664. The lowest BCUT2D eigenvalue weighted by atomic mass is 10.1. The first-order chi connectivity index (χ1) is 4.68. The molecule has 56 valence electrons. The summed E-state index contributed by atoms with van der Waals surface area (Å²) in [5.41, 5.74) is 1.15. The van der Waals surface area contributed by atoms with Gasteiger partial charge in [0.1, 0.15) is 5.82 Å². The highest BCUT2D eigenvalue weighted by atomic mass is 14.9. The second kappa shape index (κ2) is 2.86. The number of H-pyrrole nitrogens is 1. The Morgan fingerprint density at radius 2 is 2.30 bits per heavy atom. The Hall–Kier alpha value is -0.790. The Labute approximate surface area is 61.7 Å². The van der Waals surface area contributed by atoms with Gasteiger partial charge < -0.3 is 4.98 Å². The molecule has 2 heteroatoms. The molecule has 0 amide bonds. The SMILES string of the molecule is Cc1cnc(CC(C)C)[nH]1. The Morgan fingerprint density at radius 3 is 2.70 bits per heavy atom. The van der Waals surface area contributed by atoms with Crippen LogP contribution < -0.4 is 0 Å². The summed E-state index contributed by atoms with van der Waals surface area (Å²) in [6, 6.07) is 0. The van der Waals surface area contributed by atoms with Crippen LogP contribution in [0.1, 0.15) is 25.4 Å². The van der Waals surface area contributed by atoms with E-state index in [-0.39, 0.29) is 0 Å². The number of rotatable bonds is 2. The number of hydrogen-bond donors (Lipinski definition) is 1. The standard InChI is InChI=1S/C8H14N2/c1-6(2)4-8-9-5-7(3)10-8/h5-6H,4H2,1-3H3,(H,9,10). The molecule has 1 N–H and O–H groups in total. The average Bonchev–Trinajstić information content (AvgIpc) is 2.13. The molecule has 0 atom stereocenters. The smallest absolute Gasteiger partial charge is 0.106 e. The molecule has 1 heterocycles. The Balaban J connectivity index is 2.58. The second-order valence-corrected chi connectivity index (χ2v) is 3.11. The van der Waals surface area contributed by atoms with E-state index in [0.717, 1.165) is 17.9 Å². The number of nitrogens with one attached hydrogen (secondary N) is 1. The van der Waals surface area contributed by atoms with Gasteiger partial charge in [-0.3, -0.25) is 0 Å². The van der Waals surface area contributed by atoms with Gasteiger partial charge in [0.15, 0.2) is 0 Å². The van der Waals surface area contributed by atoms with Crippen LogP contribution in [0.3, 0.4) is 0 Å². The number of aromatic amines is 1. The minimum Gasteiger partial charge on any atom is -0.346 e. The van der Waals surface area contributed by atoms with Crippen LogP contribution in [0.5, 0.6) is 0 Å². The van der Waals surface area contributed by atoms with E-state index >= 15 is 0 Å². The molecule has 0 aromatic carbocycles. The Morgan fingerprint density at radius 1 is 1.60 bits per heavy atom. The summed E-state index contributed by atoms with van der Waals surface area (Å²) >= 11 is 0. The third kappa shape index (κ3) is 1.87. The molecule has 2 nitrogen and oxygen atoms in total. The maximum absolute atomic E-state index is 4.20. The molecule has 1 aromatic heterocycles. The predicted molar refractivity (Wildman–Crippen MR) is 41.9 cm³/mol. The number of hydrogen-bond acceptors (Lipinski definition) is 1. The van der Waals surface area contributed by atoms with Crippen LogP contribution in [0.2, 0.25) is 0 Å². The molecule has 0 unspecified atom stereocenters. The van der Waals surface area contributed by atoms with Gasteiger partial charge in [-0.1, -0.05) is 13.8 Å². The van der Waals surface area contributed by atoms with Gasteiger partial charge in [-0.25, -0.2) is 4.98 Å². The zero-order valence-corrected chi connectivity index (χ0v) is 6.81. The zero-order valence-electron chi connectivity index (χ0n) is 6.81. The lowest BCUT2D eigenvalue weighted by Gasteiger charge is -1.98. The molecule has 0 saturated carbocycles. The van der Waals surface area contributed by atoms with Crippen molar-refractivity contribution >= 4 is 0 Å². The Bertz CT molecular complexity index is 201. The van der Waals surface area contributed by atoms with Gasteiger partial charge >= 0.3 is 0 Å². The molecule has 1 rings (SSSR count). The van der Waals surface area contributed by atoms with E-state index < -0.39 is 0 Å². The number of aromatic nitrogens is 2. The summed E-state index contributed by atoms with van der Waals surface area (Å²) in [6.45, 7) is 6.41. The van der Waals surface area contributed by atoms with Crippen LogP contribution >= 0.6 is 0 Å². The summed E-state index contributed by atoms with van der Waals surface area (Å²) in [4.78, 5) is 7.40. The number of nitrogens with zero attached hydrogens (tertiary/aromatic N) is 1. The van der Waals surface area contributed by atoms with Crippen molar-refractivity contribution in [3.05, 3.63) is 17.7 Å². The van der Waals surface area contributed by atoms with Gasteiger partial charge in [0.25, 0.3) is 0 Å². The molecule has 1 aromatic rings. The number of aryl methyl sites for hydroxylation is 1. The van der Waals surface area contributed by atoms with Gasteiger partial charge in [0.2, 0.25) is 0 Å². The van der Waals surface area contributed by atoms with Crippen molar-refractivity contribution in [1.82, 2.24) is 9.97 Å². The molecule has 0 saturated heterocycles. The summed E-state index contributed by atoms with van der Waals surface area (Å²) in [5.74, 6) is 1.79. The molecule has 0 aliphatic carbocycles. The van der Waals surface area contributed by atoms with Crippen LogP contribution in [0.15, 0.2) is 6.20 Å². The first kappa shape index (κ1) is 7.32. The van der Waals surface area contributed by atoms with E-state index in [9.17, 15) is 0 Å². The third-order valence-electron chi connectivity index (χ3n) is 1.36. The van der Waals surface area contributed by atoms with Crippen LogP contribution in [-0.2, 0) is 6.42 Å². The molecule has 0 spiro atoms. The van der Waals surface area contributed by atoms with E-state index in [1.807, 2.05) is 13.1 Å². The zero-order chi connectivity index (χ0) is 7.56. The lowest BCUT2D eigenvalue weighted by molar-refractivity contribution is 0.625. The van der Waals surface area contributed by atoms with Crippen molar-refractivity contribution in [3.8, 4) is 0 Å². The van der Waals surface area contributed by atoms with Crippen molar-refractivity contribution < 1.29 is 0 Å². The molecule has 0 aliphatic rings. The summed E-state index contributed by atoms with van der Waals surface area (Å²) in [6.07, 6.45) is 2.92. The van der Waals surface area contributed by atoms with Crippen LogP contribution in [-0.4, -0.2) is 9.97 Å². The molecule has 0 aliphatic heterocycles. The van der Waals surface area contributed by atoms with Gasteiger partial charge in [-0.05, 0) is 12.8 Å². The normalized spacial score (nSPS) is 10.8. The lowest BCUT2D eigenvalue weighted by Crippen LogP contribution is -1.95. The minimum atomic E-state index is 0.686. The van der Waals surface area contributed by atoms with Gasteiger partial charge in [-0.15, -0.1) is 0 Å². The van der Waals surface area contributed by atoms with Crippen LogP contribution in [0, 0.1) is 12.8 Å². The first-order valence-corrected chi connectivity index (χ1v) is 3.69. The fourth-order valence-corrected chi connectivity index (χ4v) is 0.957. The highest BCUT2D eigenvalue weighted by molar-refractivity contribution is 4.98. The van der Waals surface area contributed by atoms with Crippen molar-refractivity contribution in [2.24, 2.45) is 5.92 Å². The van der Waals surface area contributed by atoms with Crippen LogP contribution in [0.25, 0.3) is 0 Å². The summed E-state index contributed by atoms with van der Waals surface area (Å²) < 4.78 is 0. The average molecular weight is 138 g/mol. The van der Waals surface area contributed by atoms with Gasteiger partial charge in [0, 0.05) is 18.3 Å². The van der Waals surface area contributed by atoms with Crippen molar-refractivity contribution in [3.63, 3.8) is 0 Å². The van der Waals surface area contributed by atoms with Crippen molar-refractivity contribution in [2.45, 2.75) is 27.2 Å². The van der Waals surface area contributed by atoms with E-state index in [1.54, 1.807) is 0 Å². The molecule has 0 fully saturated rings. The molecular weight excluding hydrogens is 124 g/mol. The third-order valence-corrected chi connectivity index (χ3v) is 1.36. The maximum atomic E-state index is 4.20. The topological polar surface area (TPSA) is 28.7 Å². The summed E-state index contributed by atoms with van der Waals surface area (Å²) in [5, 5.41) is 0. The van der Waals surface area contributed by atoms with E-state index in [0.29, 0.717) is 5.92 Å². The van der Waals surface area contributed by atoms with Crippen molar-refractivity contribution in [2.75, 3.05) is 0 Å². The molecule has 10 heavy (non-hydrogen) atoms. The fraction of sp³-hybridized carbons (Fsp3) is 0.625. The Kier molecular flexibility index (Phi) is 2.10. The molecular formula is C8H14N2. The maximum Gasteiger partial charge on any atom is 0.106 e. The number of imidazole rings is 1.